The van der Waals surface area contributed by atoms with Gasteiger partial charge in [0.2, 0.25) is 0 Å². The first-order valence-electron chi connectivity index (χ1n) is 8.39. The van der Waals surface area contributed by atoms with Crippen molar-refractivity contribution < 1.29 is 9.47 Å². The summed E-state index contributed by atoms with van der Waals surface area (Å²) in [7, 11) is 3.46. The molecule has 1 aromatic rings. The van der Waals surface area contributed by atoms with Crippen molar-refractivity contribution in [2.24, 2.45) is 10.7 Å². The molecule has 0 radical (unpaired) electrons. The highest BCUT2D eigenvalue weighted by Gasteiger charge is 2.29. The average Bonchev–Trinajstić information content (AvgIpc) is 2.77. The molecular weight excluding hydrogens is 304 g/mol. The van der Waals surface area contributed by atoms with E-state index in [4.69, 9.17) is 20.9 Å². The van der Waals surface area contributed by atoms with E-state index in [1.807, 2.05) is 19.2 Å². The number of nitrogen functional groups attached to an aromatic ring is 1. The predicted octanol–water partition coefficient (Wildman–Crippen LogP) is 2.04. The second kappa shape index (κ2) is 7.13. The van der Waals surface area contributed by atoms with Gasteiger partial charge in [-0.1, -0.05) is 0 Å². The van der Waals surface area contributed by atoms with Crippen LogP contribution in [-0.2, 0) is 4.74 Å². The molecule has 2 heterocycles. The minimum Gasteiger partial charge on any atom is -0.495 e. The molecule has 4 N–H and O–H groups in total. The van der Waals surface area contributed by atoms with Crippen molar-refractivity contribution in [1.82, 2.24) is 0 Å². The maximum Gasteiger partial charge on any atom is 0.143 e. The zero-order chi connectivity index (χ0) is 17.1. The standard InChI is InChI=1S/C18H26N4O2/c1-21-16-3-6-22(12-4-7-24-8-5-12)17-10-18(23-2)15(20)9-13(17)14(16)11-19/h9-12H,3-8,19-20H2,1-2H3. The largest absolute Gasteiger partial charge is 0.495 e. The Morgan fingerprint density at radius 2 is 2.08 bits per heavy atom. The molecule has 3 rings (SSSR count). The van der Waals surface area contributed by atoms with Gasteiger partial charge in [0.1, 0.15) is 5.75 Å². The Hall–Kier alpha value is -2.21. The number of anilines is 2. The fourth-order valence-electron chi connectivity index (χ4n) is 3.65. The minimum absolute atomic E-state index is 0.445. The van der Waals surface area contributed by atoms with Gasteiger partial charge in [0.05, 0.1) is 12.8 Å². The Bertz CT molecular complexity index is 663. The van der Waals surface area contributed by atoms with Crippen LogP contribution in [0.25, 0.3) is 5.57 Å². The first-order chi connectivity index (χ1) is 11.7. The summed E-state index contributed by atoms with van der Waals surface area (Å²) in [6.07, 6.45) is 4.53. The summed E-state index contributed by atoms with van der Waals surface area (Å²) < 4.78 is 11.0. The van der Waals surface area contributed by atoms with Crippen LogP contribution in [0.15, 0.2) is 23.3 Å². The first kappa shape index (κ1) is 16.6. The number of nitrogens with two attached hydrogens (primary N) is 2. The molecule has 6 heteroatoms. The van der Waals surface area contributed by atoms with Crippen LogP contribution in [0.1, 0.15) is 24.8 Å². The molecule has 0 spiro atoms. The topological polar surface area (TPSA) is 86.1 Å². The summed E-state index contributed by atoms with van der Waals surface area (Å²) in [6, 6.07) is 4.43. The third kappa shape index (κ3) is 2.94. The molecule has 0 saturated carbocycles. The highest BCUT2D eigenvalue weighted by molar-refractivity contribution is 6.26. The van der Waals surface area contributed by atoms with E-state index in [2.05, 4.69) is 9.89 Å². The highest BCUT2D eigenvalue weighted by atomic mass is 16.5. The molecule has 2 aliphatic rings. The maximum absolute atomic E-state index is 6.16. The zero-order valence-electron chi connectivity index (χ0n) is 14.4. The molecule has 1 aromatic carbocycles. The number of aliphatic imine (C=N–C) groups is 1. The van der Waals surface area contributed by atoms with Crippen molar-refractivity contribution in [3.8, 4) is 5.75 Å². The summed E-state index contributed by atoms with van der Waals surface area (Å²) in [6.45, 7) is 2.50. The van der Waals surface area contributed by atoms with Crippen molar-refractivity contribution in [2.45, 2.75) is 25.3 Å². The van der Waals surface area contributed by atoms with Gasteiger partial charge in [-0.05, 0) is 18.9 Å². The van der Waals surface area contributed by atoms with Crippen LogP contribution in [0, 0.1) is 0 Å². The Balaban J connectivity index is 2.14. The van der Waals surface area contributed by atoms with E-state index < -0.39 is 0 Å². The lowest BCUT2D eigenvalue weighted by atomic mass is 9.98. The third-order valence-corrected chi connectivity index (χ3v) is 4.92. The summed E-state index contributed by atoms with van der Waals surface area (Å²) in [5, 5.41) is 0. The van der Waals surface area contributed by atoms with Gasteiger partial charge in [0, 0.05) is 74.1 Å². The van der Waals surface area contributed by atoms with Crippen LogP contribution in [0.2, 0.25) is 0 Å². The smallest absolute Gasteiger partial charge is 0.143 e. The molecule has 1 fully saturated rings. The second-order valence-electron chi connectivity index (χ2n) is 6.15. The Morgan fingerprint density at radius 1 is 1.33 bits per heavy atom. The molecule has 2 aliphatic heterocycles. The number of nitrogens with zero attached hydrogens (tertiary/aromatic N) is 2. The van der Waals surface area contributed by atoms with Crippen molar-refractivity contribution >= 4 is 22.7 Å². The van der Waals surface area contributed by atoms with Crippen LogP contribution in [-0.4, -0.2) is 45.7 Å². The van der Waals surface area contributed by atoms with Crippen LogP contribution >= 0.6 is 0 Å². The van der Waals surface area contributed by atoms with Crippen molar-refractivity contribution in [3.63, 3.8) is 0 Å². The fourth-order valence-corrected chi connectivity index (χ4v) is 3.65. The van der Waals surface area contributed by atoms with Gasteiger partial charge in [0.25, 0.3) is 0 Å². The van der Waals surface area contributed by atoms with Crippen molar-refractivity contribution in [2.75, 3.05) is 44.5 Å². The first-order valence-corrected chi connectivity index (χ1v) is 8.39. The lowest BCUT2D eigenvalue weighted by Gasteiger charge is -2.36. The van der Waals surface area contributed by atoms with Gasteiger partial charge in [-0.25, -0.2) is 0 Å². The Kier molecular flexibility index (Phi) is 4.94. The normalized spacial score (nSPS) is 22.5. The molecule has 0 aromatic heterocycles. The number of rotatable bonds is 2. The predicted molar refractivity (Wildman–Crippen MR) is 98.7 cm³/mol. The minimum atomic E-state index is 0.445. The molecule has 0 amide bonds. The third-order valence-electron chi connectivity index (χ3n) is 4.92. The molecule has 24 heavy (non-hydrogen) atoms. The van der Waals surface area contributed by atoms with Gasteiger partial charge >= 0.3 is 0 Å². The van der Waals surface area contributed by atoms with Gasteiger partial charge in [-0.15, -0.1) is 0 Å². The molecular formula is C18H26N4O2. The fraction of sp³-hybridized carbons (Fsp3) is 0.500. The number of hydrogen-bond donors (Lipinski definition) is 2. The summed E-state index contributed by atoms with van der Waals surface area (Å²) in [5.41, 5.74) is 16.8. The van der Waals surface area contributed by atoms with Gasteiger partial charge in [-0.2, -0.15) is 0 Å². The Morgan fingerprint density at radius 3 is 2.71 bits per heavy atom. The summed E-state index contributed by atoms with van der Waals surface area (Å²) >= 11 is 0. The second-order valence-corrected chi connectivity index (χ2v) is 6.15. The molecule has 0 aliphatic carbocycles. The lowest BCUT2D eigenvalue weighted by molar-refractivity contribution is 0.0845. The summed E-state index contributed by atoms with van der Waals surface area (Å²) in [4.78, 5) is 6.90. The van der Waals surface area contributed by atoms with Crippen LogP contribution in [0.4, 0.5) is 11.4 Å². The quantitative estimate of drug-likeness (QED) is 0.811. The van der Waals surface area contributed by atoms with Gasteiger partial charge in [0.15, 0.2) is 0 Å². The zero-order valence-corrected chi connectivity index (χ0v) is 14.4. The van der Waals surface area contributed by atoms with E-state index in [1.165, 1.54) is 0 Å². The van der Waals surface area contributed by atoms with Crippen LogP contribution in [0.5, 0.6) is 5.75 Å². The van der Waals surface area contributed by atoms with E-state index in [0.717, 1.165) is 61.6 Å². The number of ether oxygens (including phenoxy) is 2. The SMILES string of the molecule is CN=C1CCN(C2CCOCC2)c2cc(OC)c(N)cc2C1=CN. The number of methoxy groups -OCH3 is 1. The van der Waals surface area contributed by atoms with E-state index in [1.54, 1.807) is 13.3 Å². The molecule has 130 valence electrons. The number of fused-ring (bicyclic) bond motifs is 1. The Labute approximate surface area is 143 Å². The number of benzene rings is 1. The summed E-state index contributed by atoms with van der Waals surface area (Å²) in [5.74, 6) is 0.694. The molecule has 0 atom stereocenters. The lowest BCUT2D eigenvalue weighted by Crippen LogP contribution is -2.40. The molecule has 0 unspecified atom stereocenters. The average molecular weight is 330 g/mol. The molecule has 1 saturated heterocycles. The van der Waals surface area contributed by atoms with Gasteiger partial charge in [-0.3, -0.25) is 4.99 Å². The monoisotopic (exact) mass is 330 g/mol. The van der Waals surface area contributed by atoms with E-state index in [-0.39, 0.29) is 0 Å². The van der Waals surface area contributed by atoms with Gasteiger partial charge < -0.3 is 25.8 Å². The van der Waals surface area contributed by atoms with E-state index in [9.17, 15) is 0 Å². The van der Waals surface area contributed by atoms with Crippen molar-refractivity contribution in [1.29, 1.82) is 0 Å². The van der Waals surface area contributed by atoms with Crippen molar-refractivity contribution in [3.05, 3.63) is 23.9 Å². The van der Waals surface area contributed by atoms with E-state index >= 15 is 0 Å². The van der Waals surface area contributed by atoms with Crippen LogP contribution < -0.4 is 21.1 Å². The van der Waals surface area contributed by atoms with E-state index in [0.29, 0.717) is 17.5 Å². The number of allylic oxidation sites excluding steroid dienone is 1. The number of hydrogen-bond acceptors (Lipinski definition) is 6. The maximum atomic E-state index is 6.16. The van der Waals surface area contributed by atoms with Crippen LogP contribution in [0.3, 0.4) is 0 Å². The molecule has 0 bridgehead atoms. The molecule has 6 nitrogen and oxygen atoms in total. The highest BCUT2D eigenvalue weighted by Crippen LogP contribution is 2.40.